The molecule has 0 atom stereocenters. The van der Waals surface area contributed by atoms with E-state index in [0.29, 0.717) is 12.7 Å². The maximum atomic E-state index is 11.6. The van der Waals surface area contributed by atoms with Crippen LogP contribution in [0.2, 0.25) is 0 Å². The number of aldehydes is 1. The highest BCUT2D eigenvalue weighted by molar-refractivity contribution is 5.98. The van der Waals surface area contributed by atoms with Crippen molar-refractivity contribution in [2.24, 2.45) is 0 Å². The maximum Gasteiger partial charge on any atom is 0.193 e. The smallest absolute Gasteiger partial charge is 0.193 e. The SMILES string of the molecule is O=CC#Cc1ccc2c(c1)C(=O)CCC2. The molecule has 0 saturated heterocycles. The van der Waals surface area contributed by atoms with Gasteiger partial charge in [0.1, 0.15) is 0 Å². The van der Waals surface area contributed by atoms with E-state index in [1.165, 1.54) is 0 Å². The quantitative estimate of drug-likeness (QED) is 0.470. The third-order valence-corrected chi connectivity index (χ3v) is 2.54. The van der Waals surface area contributed by atoms with Gasteiger partial charge in [0.05, 0.1) is 0 Å². The summed E-state index contributed by atoms with van der Waals surface area (Å²) in [5, 5.41) is 0. The molecular formula is C13H10O2. The first kappa shape index (κ1) is 9.67. The van der Waals surface area contributed by atoms with Gasteiger partial charge in [-0.3, -0.25) is 9.59 Å². The van der Waals surface area contributed by atoms with Gasteiger partial charge in [0, 0.05) is 17.5 Å². The Morgan fingerprint density at radius 1 is 1.27 bits per heavy atom. The molecule has 0 amide bonds. The molecule has 0 heterocycles. The number of ketones is 1. The lowest BCUT2D eigenvalue weighted by Gasteiger charge is -2.14. The van der Waals surface area contributed by atoms with Crippen molar-refractivity contribution in [1.82, 2.24) is 0 Å². The molecular weight excluding hydrogens is 188 g/mol. The van der Waals surface area contributed by atoms with Crippen LogP contribution in [0.3, 0.4) is 0 Å². The van der Waals surface area contributed by atoms with E-state index in [2.05, 4.69) is 11.8 Å². The Morgan fingerprint density at radius 3 is 2.93 bits per heavy atom. The topological polar surface area (TPSA) is 34.1 Å². The summed E-state index contributed by atoms with van der Waals surface area (Å²) in [5.41, 5.74) is 2.61. The number of hydrogen-bond acceptors (Lipinski definition) is 2. The molecule has 15 heavy (non-hydrogen) atoms. The molecule has 0 bridgehead atoms. The summed E-state index contributed by atoms with van der Waals surface area (Å²) in [7, 11) is 0. The molecule has 74 valence electrons. The minimum Gasteiger partial charge on any atom is -0.294 e. The fraction of sp³-hybridized carbons (Fsp3) is 0.231. The van der Waals surface area contributed by atoms with Crippen LogP contribution in [0.5, 0.6) is 0 Å². The van der Waals surface area contributed by atoms with E-state index in [9.17, 15) is 9.59 Å². The fourth-order valence-electron chi connectivity index (χ4n) is 1.82. The van der Waals surface area contributed by atoms with Crippen LogP contribution in [0.15, 0.2) is 18.2 Å². The zero-order valence-electron chi connectivity index (χ0n) is 8.25. The van der Waals surface area contributed by atoms with Gasteiger partial charge in [0.15, 0.2) is 12.1 Å². The number of carbonyl (C=O) groups is 2. The second kappa shape index (κ2) is 4.10. The summed E-state index contributed by atoms with van der Waals surface area (Å²) < 4.78 is 0. The van der Waals surface area contributed by atoms with Crippen LogP contribution in [-0.2, 0) is 11.2 Å². The molecule has 0 radical (unpaired) electrons. The largest absolute Gasteiger partial charge is 0.294 e. The van der Waals surface area contributed by atoms with Crippen molar-refractivity contribution >= 4 is 12.1 Å². The number of fused-ring (bicyclic) bond motifs is 1. The number of hydrogen-bond donors (Lipinski definition) is 0. The van der Waals surface area contributed by atoms with Gasteiger partial charge in [0.25, 0.3) is 0 Å². The van der Waals surface area contributed by atoms with Crippen molar-refractivity contribution in [3.63, 3.8) is 0 Å². The van der Waals surface area contributed by atoms with E-state index >= 15 is 0 Å². The minimum atomic E-state index is 0.186. The zero-order valence-corrected chi connectivity index (χ0v) is 8.25. The van der Waals surface area contributed by atoms with Crippen LogP contribution in [0, 0.1) is 11.8 Å². The van der Waals surface area contributed by atoms with Crippen LogP contribution in [0.1, 0.15) is 34.3 Å². The van der Waals surface area contributed by atoms with E-state index < -0.39 is 0 Å². The Kier molecular flexibility index (Phi) is 2.64. The molecule has 0 aliphatic heterocycles. The molecule has 1 aliphatic rings. The standard InChI is InChI=1S/C13H10O2/c14-8-2-3-10-6-7-11-4-1-5-13(15)12(11)9-10/h6-9H,1,4-5H2. The van der Waals surface area contributed by atoms with Crippen molar-refractivity contribution in [2.75, 3.05) is 0 Å². The molecule has 0 aromatic heterocycles. The summed E-state index contributed by atoms with van der Waals surface area (Å²) in [4.78, 5) is 21.7. The predicted molar refractivity (Wildman–Crippen MR) is 56.7 cm³/mol. The van der Waals surface area contributed by atoms with Gasteiger partial charge in [0.2, 0.25) is 0 Å². The monoisotopic (exact) mass is 198 g/mol. The average molecular weight is 198 g/mol. The highest BCUT2D eigenvalue weighted by Crippen LogP contribution is 2.21. The maximum absolute atomic E-state index is 11.6. The molecule has 2 heteroatoms. The van der Waals surface area contributed by atoms with Crippen LogP contribution < -0.4 is 0 Å². The van der Waals surface area contributed by atoms with Gasteiger partial charge in [-0.2, -0.15) is 0 Å². The average Bonchev–Trinajstić information content (AvgIpc) is 2.27. The summed E-state index contributed by atoms with van der Waals surface area (Å²) >= 11 is 0. The van der Waals surface area contributed by atoms with Crippen molar-refractivity contribution in [3.05, 3.63) is 34.9 Å². The molecule has 2 nitrogen and oxygen atoms in total. The van der Waals surface area contributed by atoms with Crippen molar-refractivity contribution in [2.45, 2.75) is 19.3 Å². The Bertz CT molecular complexity index is 475. The third kappa shape index (κ3) is 1.97. The van der Waals surface area contributed by atoms with Crippen LogP contribution >= 0.6 is 0 Å². The number of rotatable bonds is 0. The lowest BCUT2D eigenvalue weighted by atomic mass is 9.89. The van der Waals surface area contributed by atoms with Gasteiger partial charge >= 0.3 is 0 Å². The number of aryl methyl sites for hydroxylation is 1. The highest BCUT2D eigenvalue weighted by atomic mass is 16.1. The number of carbonyl (C=O) groups excluding carboxylic acids is 2. The summed E-state index contributed by atoms with van der Waals surface area (Å²) in [6, 6.07) is 5.57. The Morgan fingerprint density at radius 2 is 2.13 bits per heavy atom. The summed E-state index contributed by atoms with van der Waals surface area (Å²) in [6.45, 7) is 0. The zero-order chi connectivity index (χ0) is 10.7. The van der Waals surface area contributed by atoms with Gasteiger partial charge in [-0.05, 0) is 36.5 Å². The lowest BCUT2D eigenvalue weighted by molar-refractivity contribution is -0.103. The van der Waals surface area contributed by atoms with Gasteiger partial charge in [-0.15, -0.1) is 0 Å². The Balaban J connectivity index is 2.43. The first-order valence-electron chi connectivity index (χ1n) is 4.92. The first-order chi connectivity index (χ1) is 7.31. The van der Waals surface area contributed by atoms with E-state index in [1.807, 2.05) is 12.1 Å². The van der Waals surface area contributed by atoms with Gasteiger partial charge in [-0.25, -0.2) is 0 Å². The fourth-order valence-corrected chi connectivity index (χ4v) is 1.82. The predicted octanol–water partition coefficient (Wildman–Crippen LogP) is 1.76. The van der Waals surface area contributed by atoms with Gasteiger partial charge < -0.3 is 0 Å². The molecule has 1 aromatic rings. The van der Waals surface area contributed by atoms with Crippen LogP contribution in [0.4, 0.5) is 0 Å². The van der Waals surface area contributed by atoms with Crippen LogP contribution in [0.25, 0.3) is 0 Å². The molecule has 1 aliphatic carbocycles. The van der Waals surface area contributed by atoms with Crippen molar-refractivity contribution in [3.8, 4) is 11.8 Å². The van der Waals surface area contributed by atoms with Crippen molar-refractivity contribution in [1.29, 1.82) is 0 Å². The second-order valence-electron chi connectivity index (χ2n) is 3.54. The Hall–Kier alpha value is -1.88. The minimum absolute atomic E-state index is 0.186. The normalized spacial score (nSPS) is 13.7. The van der Waals surface area contributed by atoms with E-state index in [-0.39, 0.29) is 5.78 Å². The molecule has 0 spiro atoms. The summed E-state index contributed by atoms with van der Waals surface area (Å²) in [5.74, 6) is 5.23. The summed E-state index contributed by atoms with van der Waals surface area (Å²) in [6.07, 6.45) is 3.08. The van der Waals surface area contributed by atoms with E-state index in [0.717, 1.165) is 29.5 Å². The molecule has 2 rings (SSSR count). The van der Waals surface area contributed by atoms with Crippen LogP contribution in [-0.4, -0.2) is 12.1 Å². The third-order valence-electron chi connectivity index (χ3n) is 2.54. The molecule has 0 fully saturated rings. The number of Topliss-reactive ketones (excluding diaryl/α,β-unsaturated/α-hetero) is 1. The van der Waals surface area contributed by atoms with E-state index in [4.69, 9.17) is 0 Å². The molecule has 0 N–H and O–H groups in total. The Labute approximate surface area is 88.3 Å². The molecule has 1 aromatic carbocycles. The first-order valence-corrected chi connectivity index (χ1v) is 4.92. The lowest BCUT2D eigenvalue weighted by Crippen LogP contribution is -2.10. The highest BCUT2D eigenvalue weighted by Gasteiger charge is 2.16. The molecule has 0 unspecified atom stereocenters. The van der Waals surface area contributed by atoms with Gasteiger partial charge in [-0.1, -0.05) is 12.0 Å². The van der Waals surface area contributed by atoms with Crippen molar-refractivity contribution < 1.29 is 9.59 Å². The number of benzene rings is 1. The van der Waals surface area contributed by atoms with E-state index in [1.54, 1.807) is 6.07 Å². The second-order valence-corrected chi connectivity index (χ2v) is 3.54. The molecule has 0 saturated carbocycles.